The van der Waals surface area contributed by atoms with Crippen LogP contribution in [0.5, 0.6) is 0 Å². The van der Waals surface area contributed by atoms with Gasteiger partial charge in [-0.3, -0.25) is 4.79 Å². The molecule has 0 aromatic heterocycles. The predicted molar refractivity (Wildman–Crippen MR) is 39.5 cm³/mol. The second-order valence-electron chi connectivity index (χ2n) is 1.97. The smallest absolute Gasteiger partial charge is 0.264 e. The van der Waals surface area contributed by atoms with Crippen LogP contribution in [0.1, 0.15) is 26.2 Å². The number of carbonyl (C=O) groups is 1. The Kier molecular flexibility index (Phi) is 5.53. The molecule has 0 N–H and O–H groups in total. The number of carbonyl (C=O) groups excluding carboxylic acids is 1. The first-order valence-corrected chi connectivity index (χ1v) is 3.35. The zero-order valence-electron chi connectivity index (χ0n) is 6.04. The van der Waals surface area contributed by atoms with Crippen LogP contribution < -0.4 is 0 Å². The summed E-state index contributed by atoms with van der Waals surface area (Å²) in [6.45, 7) is 2.06. The molecule has 0 heterocycles. The van der Waals surface area contributed by atoms with Crippen molar-refractivity contribution in [2.24, 2.45) is 5.18 Å². The maximum absolute atomic E-state index is 10.2. The first kappa shape index (κ1) is 9.01. The summed E-state index contributed by atoms with van der Waals surface area (Å²) in [5, 5.41) is 2.21. The van der Waals surface area contributed by atoms with Gasteiger partial charge in [0.2, 0.25) is 0 Å². The average molecular weight is 141 g/mol. The van der Waals surface area contributed by atoms with E-state index in [0.29, 0.717) is 0 Å². The van der Waals surface area contributed by atoms with Crippen molar-refractivity contribution in [3.8, 4) is 0 Å². The molecular weight excluding hydrogens is 130 g/mol. The van der Waals surface area contributed by atoms with Gasteiger partial charge >= 0.3 is 5.91 Å². The molecule has 0 bridgehead atoms. The second-order valence-corrected chi connectivity index (χ2v) is 1.97. The lowest BCUT2D eigenvalue weighted by molar-refractivity contribution is -0.113. The predicted octanol–water partition coefficient (Wildman–Crippen LogP) is 2.03. The van der Waals surface area contributed by atoms with Gasteiger partial charge in [-0.25, -0.2) is 0 Å². The van der Waals surface area contributed by atoms with E-state index in [4.69, 9.17) is 0 Å². The number of amides is 1. The van der Waals surface area contributed by atoms with Crippen molar-refractivity contribution < 1.29 is 4.79 Å². The summed E-state index contributed by atoms with van der Waals surface area (Å²) >= 11 is 0. The first-order chi connectivity index (χ1) is 4.81. The number of nitroso groups, excluding NO2 is 1. The van der Waals surface area contributed by atoms with Crippen LogP contribution in [0.25, 0.3) is 0 Å². The molecule has 0 aromatic carbocycles. The van der Waals surface area contributed by atoms with Crippen LogP contribution in [-0.2, 0) is 4.79 Å². The summed E-state index contributed by atoms with van der Waals surface area (Å²) in [6, 6.07) is 0. The Hall–Kier alpha value is -0.990. The number of rotatable bonds is 4. The van der Waals surface area contributed by atoms with Gasteiger partial charge in [0.1, 0.15) is 0 Å². The van der Waals surface area contributed by atoms with E-state index in [2.05, 4.69) is 12.1 Å². The highest BCUT2D eigenvalue weighted by atomic mass is 16.3. The summed E-state index contributed by atoms with van der Waals surface area (Å²) in [5.74, 6) is -0.698. The fraction of sp³-hybridized carbons (Fsp3) is 0.571. The summed E-state index contributed by atoms with van der Waals surface area (Å²) in [5.41, 5.74) is 0. The van der Waals surface area contributed by atoms with E-state index >= 15 is 0 Å². The Bertz CT molecular complexity index is 141. The van der Waals surface area contributed by atoms with E-state index < -0.39 is 5.91 Å². The Balaban J connectivity index is 3.36. The van der Waals surface area contributed by atoms with Gasteiger partial charge in [0.15, 0.2) is 0 Å². The molecule has 0 aliphatic rings. The average Bonchev–Trinajstić information content (AvgIpc) is 1.98. The largest absolute Gasteiger partial charge is 0.309 e. The number of allylic oxidation sites excluding steroid dienone is 1. The zero-order valence-corrected chi connectivity index (χ0v) is 6.04. The lowest BCUT2D eigenvalue weighted by atomic mass is 10.2. The molecule has 0 spiro atoms. The van der Waals surface area contributed by atoms with Crippen LogP contribution in [0, 0.1) is 4.91 Å². The van der Waals surface area contributed by atoms with Crippen molar-refractivity contribution >= 4 is 5.91 Å². The third-order valence-electron chi connectivity index (χ3n) is 1.07. The number of nitrogens with zero attached hydrogens (tertiary/aromatic N) is 1. The second kappa shape index (κ2) is 6.13. The normalized spacial score (nSPS) is 10.1. The molecule has 3 nitrogen and oxygen atoms in total. The Morgan fingerprint density at radius 2 is 2.30 bits per heavy atom. The summed E-state index contributed by atoms with van der Waals surface area (Å²) in [7, 11) is 0. The molecule has 0 fully saturated rings. The first-order valence-electron chi connectivity index (χ1n) is 3.35. The number of unbranched alkanes of at least 4 members (excludes halogenated alkanes) is 2. The van der Waals surface area contributed by atoms with Crippen molar-refractivity contribution in [3.05, 3.63) is 17.1 Å². The van der Waals surface area contributed by atoms with E-state index in [1.165, 1.54) is 6.08 Å². The fourth-order valence-corrected chi connectivity index (χ4v) is 0.537. The third-order valence-corrected chi connectivity index (χ3v) is 1.07. The standard InChI is InChI=1S/C7H11NO2/c1-2-3-4-5-6-7(9)8-10/h5-6H,2-4H2,1H3/b6-5+. The molecule has 0 aliphatic heterocycles. The maximum atomic E-state index is 10.2. The van der Waals surface area contributed by atoms with Gasteiger partial charge in [0.25, 0.3) is 0 Å². The zero-order chi connectivity index (χ0) is 7.82. The molecular formula is C7H11NO2. The number of hydrogen-bond acceptors (Lipinski definition) is 2. The molecule has 3 heteroatoms. The van der Waals surface area contributed by atoms with E-state index in [1.807, 2.05) is 0 Å². The Morgan fingerprint density at radius 3 is 2.80 bits per heavy atom. The minimum Gasteiger partial charge on any atom is -0.264 e. The van der Waals surface area contributed by atoms with Crippen LogP contribution >= 0.6 is 0 Å². The highest BCUT2D eigenvalue weighted by Crippen LogP contribution is 1.94. The van der Waals surface area contributed by atoms with Crippen molar-refractivity contribution in [1.29, 1.82) is 0 Å². The van der Waals surface area contributed by atoms with Crippen LogP contribution in [0.15, 0.2) is 17.3 Å². The van der Waals surface area contributed by atoms with Crippen LogP contribution in [0.3, 0.4) is 0 Å². The van der Waals surface area contributed by atoms with Crippen molar-refractivity contribution in [3.63, 3.8) is 0 Å². The lowest BCUT2D eigenvalue weighted by Crippen LogP contribution is -1.81. The Labute approximate surface area is 60.1 Å². The molecule has 0 rings (SSSR count). The van der Waals surface area contributed by atoms with Crippen LogP contribution in [0.4, 0.5) is 0 Å². The SMILES string of the molecule is CCCC/C=C/C(=O)N=O. The lowest BCUT2D eigenvalue weighted by Gasteiger charge is -1.84. The summed E-state index contributed by atoms with van der Waals surface area (Å²) < 4.78 is 0. The monoisotopic (exact) mass is 141 g/mol. The summed E-state index contributed by atoms with van der Waals surface area (Å²) in [4.78, 5) is 19.7. The maximum Gasteiger partial charge on any atom is 0.309 e. The van der Waals surface area contributed by atoms with Gasteiger partial charge in [-0.15, -0.1) is 4.91 Å². The highest BCUT2D eigenvalue weighted by Gasteiger charge is 1.88. The van der Waals surface area contributed by atoms with Gasteiger partial charge in [-0.1, -0.05) is 25.8 Å². The number of hydrogen-bond donors (Lipinski definition) is 0. The topological polar surface area (TPSA) is 46.5 Å². The van der Waals surface area contributed by atoms with E-state index in [0.717, 1.165) is 19.3 Å². The van der Waals surface area contributed by atoms with Gasteiger partial charge < -0.3 is 0 Å². The van der Waals surface area contributed by atoms with E-state index in [9.17, 15) is 9.70 Å². The van der Waals surface area contributed by atoms with Crippen molar-refractivity contribution in [1.82, 2.24) is 0 Å². The van der Waals surface area contributed by atoms with Gasteiger partial charge in [-0.05, 0) is 6.42 Å². The van der Waals surface area contributed by atoms with Gasteiger partial charge in [-0.2, -0.15) is 0 Å². The minimum absolute atomic E-state index is 0.698. The van der Waals surface area contributed by atoms with E-state index in [1.54, 1.807) is 6.08 Å². The van der Waals surface area contributed by atoms with Gasteiger partial charge in [0, 0.05) is 11.3 Å². The van der Waals surface area contributed by atoms with Crippen molar-refractivity contribution in [2.75, 3.05) is 0 Å². The molecule has 0 aromatic rings. The van der Waals surface area contributed by atoms with Crippen LogP contribution in [-0.4, -0.2) is 5.91 Å². The van der Waals surface area contributed by atoms with E-state index in [-0.39, 0.29) is 0 Å². The molecule has 56 valence electrons. The quantitative estimate of drug-likeness (QED) is 0.341. The molecule has 0 saturated heterocycles. The molecule has 0 unspecified atom stereocenters. The third kappa shape index (κ3) is 5.15. The van der Waals surface area contributed by atoms with Crippen molar-refractivity contribution in [2.45, 2.75) is 26.2 Å². The molecule has 1 amide bonds. The molecule has 0 aliphatic carbocycles. The Morgan fingerprint density at radius 1 is 1.60 bits per heavy atom. The molecule has 0 atom stereocenters. The molecule has 0 radical (unpaired) electrons. The fourth-order valence-electron chi connectivity index (χ4n) is 0.537. The minimum atomic E-state index is -0.698. The van der Waals surface area contributed by atoms with Gasteiger partial charge in [0.05, 0.1) is 0 Å². The van der Waals surface area contributed by atoms with Crippen LogP contribution in [0.2, 0.25) is 0 Å². The highest BCUT2D eigenvalue weighted by molar-refractivity contribution is 5.87. The molecule has 0 saturated carbocycles. The molecule has 10 heavy (non-hydrogen) atoms. The summed E-state index contributed by atoms with van der Waals surface area (Å²) in [6.07, 6.45) is 5.86.